The van der Waals surface area contributed by atoms with Crippen molar-refractivity contribution in [3.63, 3.8) is 0 Å². The highest BCUT2D eigenvalue weighted by molar-refractivity contribution is 9.10. The summed E-state index contributed by atoms with van der Waals surface area (Å²) in [5, 5.41) is 0. The van der Waals surface area contributed by atoms with Crippen LogP contribution in [0.15, 0.2) is 59.1 Å². The monoisotopic (exact) mass is 346 g/mol. The van der Waals surface area contributed by atoms with Crippen LogP contribution in [0.1, 0.15) is 0 Å². The maximum absolute atomic E-state index is 12.0. The number of halogens is 2. The van der Waals surface area contributed by atoms with Gasteiger partial charge in [-0.2, -0.15) is 0 Å². The van der Waals surface area contributed by atoms with Gasteiger partial charge in [0, 0.05) is 11.2 Å². The van der Waals surface area contributed by atoms with Crippen molar-refractivity contribution in [2.45, 2.75) is 0 Å². The second-order valence-corrected chi connectivity index (χ2v) is 6.68. The fourth-order valence-electron chi connectivity index (χ4n) is 1.26. The van der Waals surface area contributed by atoms with Gasteiger partial charge < -0.3 is 9.05 Å². The first-order valence-electron chi connectivity index (χ1n) is 5.05. The van der Waals surface area contributed by atoms with Gasteiger partial charge in [-0.05, 0) is 40.2 Å². The lowest BCUT2D eigenvalue weighted by Crippen LogP contribution is -1.95. The fraction of sp³-hybridized carbons (Fsp3) is 0. The summed E-state index contributed by atoms with van der Waals surface area (Å²) in [6.45, 7) is -3.72. The van der Waals surface area contributed by atoms with E-state index in [1.54, 1.807) is 42.5 Å². The molecule has 0 fully saturated rings. The van der Waals surface area contributed by atoms with Crippen LogP contribution in [0.25, 0.3) is 0 Å². The first-order chi connectivity index (χ1) is 8.57. The third kappa shape index (κ3) is 3.77. The Morgan fingerprint density at radius 1 is 0.944 bits per heavy atom. The van der Waals surface area contributed by atoms with Gasteiger partial charge >= 0.3 is 6.95 Å². The molecule has 94 valence electrons. The van der Waals surface area contributed by atoms with Crippen LogP contribution in [-0.2, 0) is 4.57 Å². The number of para-hydroxylation sites is 2. The van der Waals surface area contributed by atoms with Crippen molar-refractivity contribution in [2.24, 2.45) is 0 Å². The van der Waals surface area contributed by atoms with E-state index in [2.05, 4.69) is 15.9 Å². The van der Waals surface area contributed by atoms with Gasteiger partial charge in [0.1, 0.15) is 11.5 Å². The minimum Gasteiger partial charge on any atom is -0.405 e. The predicted molar refractivity (Wildman–Crippen MR) is 75.3 cm³/mol. The molecular weight excluding hydrogens is 338 g/mol. The quantitative estimate of drug-likeness (QED) is 0.708. The van der Waals surface area contributed by atoms with Gasteiger partial charge in [-0.15, -0.1) is 0 Å². The molecule has 18 heavy (non-hydrogen) atoms. The SMILES string of the molecule is O=P(Cl)(Oc1ccccc1)Oc1ccccc1Br. The molecular formula is C12H9BrClO3P. The molecule has 6 heteroatoms. The molecule has 3 nitrogen and oxygen atoms in total. The van der Waals surface area contributed by atoms with Crippen molar-refractivity contribution in [1.82, 2.24) is 0 Å². The molecule has 0 aromatic heterocycles. The van der Waals surface area contributed by atoms with Gasteiger partial charge in [0.2, 0.25) is 0 Å². The van der Waals surface area contributed by atoms with Gasteiger partial charge in [-0.25, -0.2) is 4.57 Å². The molecule has 0 N–H and O–H groups in total. The molecule has 0 amide bonds. The van der Waals surface area contributed by atoms with E-state index in [-0.39, 0.29) is 0 Å². The number of benzene rings is 2. The summed E-state index contributed by atoms with van der Waals surface area (Å²) in [5.41, 5.74) is 0. The van der Waals surface area contributed by atoms with Gasteiger partial charge in [-0.1, -0.05) is 30.3 Å². The lowest BCUT2D eigenvalue weighted by atomic mass is 10.3. The third-order valence-electron chi connectivity index (χ3n) is 2.00. The molecule has 2 aromatic rings. The van der Waals surface area contributed by atoms with Crippen LogP contribution in [0, 0.1) is 0 Å². The van der Waals surface area contributed by atoms with Crippen LogP contribution in [-0.4, -0.2) is 0 Å². The van der Waals surface area contributed by atoms with Gasteiger partial charge in [0.05, 0.1) is 4.47 Å². The number of rotatable bonds is 4. The molecule has 0 bridgehead atoms. The van der Waals surface area contributed by atoms with E-state index in [0.717, 1.165) is 0 Å². The Kier molecular flexibility index (Phi) is 4.33. The number of hydrogen-bond donors (Lipinski definition) is 0. The molecule has 0 spiro atoms. The first kappa shape index (κ1) is 13.5. The minimum atomic E-state index is -3.72. The summed E-state index contributed by atoms with van der Waals surface area (Å²) in [5.74, 6) is 0.759. The fourth-order valence-corrected chi connectivity index (χ4v) is 3.02. The van der Waals surface area contributed by atoms with Crippen LogP contribution >= 0.6 is 34.1 Å². The van der Waals surface area contributed by atoms with E-state index in [1.807, 2.05) is 12.1 Å². The van der Waals surface area contributed by atoms with Gasteiger partial charge in [0.15, 0.2) is 0 Å². The largest absolute Gasteiger partial charge is 0.530 e. The molecule has 0 aliphatic heterocycles. The minimum absolute atomic E-state index is 0.367. The molecule has 0 heterocycles. The van der Waals surface area contributed by atoms with Crippen LogP contribution < -0.4 is 9.05 Å². The van der Waals surface area contributed by atoms with Crippen molar-refractivity contribution in [1.29, 1.82) is 0 Å². The molecule has 0 aliphatic carbocycles. The number of hydrogen-bond acceptors (Lipinski definition) is 3. The molecule has 0 aliphatic rings. The van der Waals surface area contributed by atoms with Crippen molar-refractivity contribution in [3.8, 4) is 11.5 Å². The lowest BCUT2D eigenvalue weighted by Gasteiger charge is -2.14. The molecule has 1 unspecified atom stereocenters. The van der Waals surface area contributed by atoms with Gasteiger partial charge in [0.25, 0.3) is 0 Å². The molecule has 1 atom stereocenters. The summed E-state index contributed by atoms with van der Waals surface area (Å²) in [7, 11) is 0. The average molecular weight is 348 g/mol. The summed E-state index contributed by atoms with van der Waals surface area (Å²) >= 11 is 9.04. The van der Waals surface area contributed by atoms with Crippen molar-refractivity contribution in [2.75, 3.05) is 0 Å². The van der Waals surface area contributed by atoms with Crippen LogP contribution in [0.4, 0.5) is 0 Å². The zero-order valence-corrected chi connectivity index (χ0v) is 12.4. The second kappa shape index (κ2) is 5.79. The van der Waals surface area contributed by atoms with E-state index in [9.17, 15) is 4.57 Å². The Morgan fingerprint density at radius 3 is 2.22 bits per heavy atom. The van der Waals surface area contributed by atoms with Crippen LogP contribution in [0.5, 0.6) is 11.5 Å². The van der Waals surface area contributed by atoms with Gasteiger partial charge in [-0.3, -0.25) is 0 Å². The molecule has 2 aromatic carbocycles. The second-order valence-electron chi connectivity index (χ2n) is 3.36. The average Bonchev–Trinajstić information content (AvgIpc) is 2.32. The Balaban J connectivity index is 2.13. The highest BCUT2D eigenvalue weighted by atomic mass is 79.9. The lowest BCUT2D eigenvalue weighted by molar-refractivity contribution is 0.405. The standard InChI is InChI=1S/C12H9BrClO3P/c13-11-8-4-5-9-12(11)17-18(14,15)16-10-6-2-1-3-7-10/h1-9H. The topological polar surface area (TPSA) is 35.5 Å². The van der Waals surface area contributed by atoms with E-state index >= 15 is 0 Å². The zero-order valence-electron chi connectivity index (χ0n) is 9.12. The summed E-state index contributed by atoms with van der Waals surface area (Å²) in [4.78, 5) is 0. The predicted octanol–water partition coefficient (Wildman–Crippen LogP) is 5.25. The highest BCUT2D eigenvalue weighted by Gasteiger charge is 2.25. The maximum atomic E-state index is 12.0. The summed E-state index contributed by atoms with van der Waals surface area (Å²) in [6.07, 6.45) is 0. The van der Waals surface area contributed by atoms with Crippen LogP contribution in [0.2, 0.25) is 0 Å². The molecule has 0 radical (unpaired) electrons. The Labute approximate surface area is 118 Å². The Morgan fingerprint density at radius 2 is 1.56 bits per heavy atom. The van der Waals surface area contributed by atoms with E-state index < -0.39 is 6.95 Å². The normalized spacial score (nSPS) is 13.7. The molecule has 2 rings (SSSR count). The molecule has 0 saturated carbocycles. The summed E-state index contributed by atoms with van der Waals surface area (Å²) in [6, 6.07) is 15.6. The van der Waals surface area contributed by atoms with E-state index in [1.165, 1.54) is 0 Å². The first-order valence-corrected chi connectivity index (χ1v) is 8.29. The van der Waals surface area contributed by atoms with Crippen molar-refractivity contribution < 1.29 is 13.6 Å². The smallest absolute Gasteiger partial charge is 0.405 e. The van der Waals surface area contributed by atoms with Crippen molar-refractivity contribution in [3.05, 3.63) is 59.1 Å². The van der Waals surface area contributed by atoms with E-state index in [0.29, 0.717) is 16.0 Å². The summed E-state index contributed by atoms with van der Waals surface area (Å²) < 4.78 is 23.0. The Bertz CT molecular complexity index is 577. The maximum Gasteiger partial charge on any atom is 0.530 e. The third-order valence-corrected chi connectivity index (χ3v) is 3.91. The molecule has 0 saturated heterocycles. The van der Waals surface area contributed by atoms with Crippen LogP contribution in [0.3, 0.4) is 0 Å². The zero-order chi connectivity index (χ0) is 13.0. The Hall–Kier alpha value is -0.960. The van der Waals surface area contributed by atoms with Crippen molar-refractivity contribution >= 4 is 34.1 Å². The highest BCUT2D eigenvalue weighted by Crippen LogP contribution is 2.54. The van der Waals surface area contributed by atoms with E-state index in [4.69, 9.17) is 20.3 Å².